The van der Waals surface area contributed by atoms with Crippen LogP contribution in [0.2, 0.25) is 5.02 Å². The van der Waals surface area contributed by atoms with Crippen LogP contribution in [-0.2, 0) is 0 Å². The molecule has 3 aromatic carbocycles. The van der Waals surface area contributed by atoms with Crippen molar-refractivity contribution in [3.05, 3.63) is 99.4 Å². The van der Waals surface area contributed by atoms with Gasteiger partial charge in [-0.25, -0.2) is 9.59 Å². The van der Waals surface area contributed by atoms with Gasteiger partial charge >= 0.3 is 11.6 Å². The minimum Gasteiger partial charge on any atom is -0.423 e. The number of benzene rings is 3. The molecular weight excluding hydrogens is 376 g/mol. The summed E-state index contributed by atoms with van der Waals surface area (Å²) in [6.45, 7) is 1.84. The number of esters is 1. The number of fused-ring (bicyclic) bond motifs is 1. The third kappa shape index (κ3) is 3.55. The van der Waals surface area contributed by atoms with Gasteiger partial charge in [-0.3, -0.25) is 0 Å². The van der Waals surface area contributed by atoms with Crippen LogP contribution in [0.1, 0.15) is 15.9 Å². The Hall–Kier alpha value is -3.37. The zero-order valence-corrected chi connectivity index (χ0v) is 15.7. The van der Waals surface area contributed by atoms with E-state index in [4.69, 9.17) is 20.8 Å². The molecule has 0 N–H and O–H groups in total. The zero-order valence-electron chi connectivity index (χ0n) is 14.9. The van der Waals surface area contributed by atoms with Gasteiger partial charge < -0.3 is 9.15 Å². The van der Waals surface area contributed by atoms with Gasteiger partial charge in [-0.2, -0.15) is 0 Å². The van der Waals surface area contributed by atoms with E-state index in [1.54, 1.807) is 60.7 Å². The van der Waals surface area contributed by atoms with Gasteiger partial charge in [0.25, 0.3) is 0 Å². The second-order valence-corrected chi connectivity index (χ2v) is 6.79. The molecule has 1 heterocycles. The van der Waals surface area contributed by atoms with E-state index in [2.05, 4.69) is 0 Å². The largest absolute Gasteiger partial charge is 0.423 e. The van der Waals surface area contributed by atoms with Gasteiger partial charge in [0.15, 0.2) is 0 Å². The molecule has 0 unspecified atom stereocenters. The summed E-state index contributed by atoms with van der Waals surface area (Å²) in [4.78, 5) is 24.8. The third-order valence-electron chi connectivity index (χ3n) is 4.44. The Morgan fingerprint density at radius 2 is 1.71 bits per heavy atom. The lowest BCUT2D eigenvalue weighted by Gasteiger charge is -2.08. The van der Waals surface area contributed by atoms with Crippen LogP contribution in [0, 0.1) is 6.92 Å². The molecule has 0 radical (unpaired) electrons. The van der Waals surface area contributed by atoms with E-state index in [1.807, 2.05) is 19.1 Å². The fourth-order valence-electron chi connectivity index (χ4n) is 2.95. The van der Waals surface area contributed by atoms with E-state index in [0.29, 0.717) is 27.5 Å². The number of hydrogen-bond acceptors (Lipinski definition) is 4. The lowest BCUT2D eigenvalue weighted by atomic mass is 10.1. The summed E-state index contributed by atoms with van der Waals surface area (Å²) in [5.41, 5.74) is 2.34. The monoisotopic (exact) mass is 390 g/mol. The van der Waals surface area contributed by atoms with Crippen LogP contribution in [0.5, 0.6) is 5.75 Å². The molecule has 4 nitrogen and oxygen atoms in total. The number of carbonyl (C=O) groups excluding carboxylic acids is 1. The molecule has 0 aliphatic heterocycles. The van der Waals surface area contributed by atoms with Crippen molar-refractivity contribution in [2.24, 2.45) is 0 Å². The Morgan fingerprint density at radius 1 is 0.964 bits per heavy atom. The van der Waals surface area contributed by atoms with Gasteiger partial charge in [0.2, 0.25) is 0 Å². The molecule has 4 aromatic rings. The van der Waals surface area contributed by atoms with Crippen molar-refractivity contribution in [3.8, 4) is 16.9 Å². The Morgan fingerprint density at radius 3 is 2.46 bits per heavy atom. The van der Waals surface area contributed by atoms with Crippen LogP contribution in [-0.4, -0.2) is 5.97 Å². The minimum absolute atomic E-state index is 0.308. The Labute approximate surface area is 166 Å². The summed E-state index contributed by atoms with van der Waals surface area (Å²) in [5, 5.41) is 1.31. The lowest BCUT2D eigenvalue weighted by Crippen LogP contribution is -2.10. The normalized spacial score (nSPS) is 10.8. The molecule has 0 spiro atoms. The molecule has 138 valence electrons. The van der Waals surface area contributed by atoms with Gasteiger partial charge in [0.05, 0.1) is 11.1 Å². The summed E-state index contributed by atoms with van der Waals surface area (Å²) >= 11 is 5.90. The first-order valence-electron chi connectivity index (χ1n) is 8.63. The minimum atomic E-state index is -0.475. The number of rotatable bonds is 3. The molecule has 0 bridgehead atoms. The standard InChI is InChI=1S/C23H15ClO4/c1-14-4-2-3-5-19(14)22(25)27-18-11-8-16-12-20(23(26)28-21(16)13-18)15-6-9-17(24)10-7-15/h2-13H,1H3. The maximum Gasteiger partial charge on any atom is 0.344 e. The summed E-state index contributed by atoms with van der Waals surface area (Å²) in [7, 11) is 0. The van der Waals surface area contributed by atoms with Gasteiger partial charge in [-0.15, -0.1) is 0 Å². The van der Waals surface area contributed by atoms with Crippen LogP contribution in [0.4, 0.5) is 0 Å². The van der Waals surface area contributed by atoms with Crippen molar-refractivity contribution < 1.29 is 13.9 Å². The average Bonchev–Trinajstić information content (AvgIpc) is 2.68. The third-order valence-corrected chi connectivity index (χ3v) is 4.69. The first-order chi connectivity index (χ1) is 13.5. The number of hydrogen-bond donors (Lipinski definition) is 0. The van der Waals surface area contributed by atoms with E-state index in [1.165, 1.54) is 0 Å². The predicted molar refractivity (Wildman–Crippen MR) is 109 cm³/mol. The molecule has 4 rings (SSSR count). The van der Waals surface area contributed by atoms with Crippen molar-refractivity contribution >= 4 is 28.5 Å². The van der Waals surface area contributed by atoms with Crippen molar-refractivity contribution in [3.63, 3.8) is 0 Å². The SMILES string of the molecule is Cc1ccccc1C(=O)Oc1ccc2cc(-c3ccc(Cl)cc3)c(=O)oc2c1. The summed E-state index contributed by atoms with van der Waals surface area (Å²) in [6.07, 6.45) is 0. The zero-order chi connectivity index (χ0) is 19.7. The Kier molecular flexibility index (Phi) is 4.72. The molecule has 0 amide bonds. The number of aryl methyl sites for hydroxylation is 1. The fraction of sp³-hybridized carbons (Fsp3) is 0.0435. The van der Waals surface area contributed by atoms with Crippen LogP contribution in [0.15, 0.2) is 82.0 Å². The summed E-state index contributed by atoms with van der Waals surface area (Å²) in [6, 6.07) is 20.8. The number of ether oxygens (including phenoxy) is 1. The molecule has 28 heavy (non-hydrogen) atoms. The topological polar surface area (TPSA) is 56.5 Å². The lowest BCUT2D eigenvalue weighted by molar-refractivity contribution is 0.0734. The molecule has 5 heteroatoms. The van der Waals surface area contributed by atoms with E-state index >= 15 is 0 Å². The highest BCUT2D eigenvalue weighted by molar-refractivity contribution is 6.30. The Bertz CT molecular complexity index is 1240. The molecule has 0 fully saturated rings. The van der Waals surface area contributed by atoms with E-state index in [0.717, 1.165) is 16.5 Å². The molecule has 0 aliphatic carbocycles. The van der Waals surface area contributed by atoms with Crippen LogP contribution < -0.4 is 10.4 Å². The van der Waals surface area contributed by atoms with Crippen molar-refractivity contribution in [2.75, 3.05) is 0 Å². The van der Waals surface area contributed by atoms with Gasteiger partial charge in [-0.05, 0) is 54.4 Å². The van der Waals surface area contributed by atoms with Gasteiger partial charge in [0, 0.05) is 16.5 Å². The molecule has 0 atom stereocenters. The molecule has 1 aromatic heterocycles. The van der Waals surface area contributed by atoms with Crippen LogP contribution in [0.3, 0.4) is 0 Å². The molecule has 0 saturated heterocycles. The van der Waals surface area contributed by atoms with Crippen LogP contribution in [0.25, 0.3) is 22.1 Å². The quantitative estimate of drug-likeness (QED) is 0.258. The van der Waals surface area contributed by atoms with E-state index in [-0.39, 0.29) is 0 Å². The highest BCUT2D eigenvalue weighted by Crippen LogP contribution is 2.26. The first-order valence-corrected chi connectivity index (χ1v) is 9.01. The maximum absolute atomic E-state index is 12.4. The molecular formula is C23H15ClO4. The average molecular weight is 391 g/mol. The van der Waals surface area contributed by atoms with Crippen molar-refractivity contribution in [1.29, 1.82) is 0 Å². The summed E-state index contributed by atoms with van der Waals surface area (Å²) < 4.78 is 10.9. The van der Waals surface area contributed by atoms with Crippen LogP contribution >= 0.6 is 11.6 Å². The molecule has 0 saturated carbocycles. The smallest absolute Gasteiger partial charge is 0.344 e. The maximum atomic E-state index is 12.4. The summed E-state index contributed by atoms with van der Waals surface area (Å²) in [5.74, 6) is -0.152. The van der Waals surface area contributed by atoms with Crippen molar-refractivity contribution in [1.82, 2.24) is 0 Å². The number of halogens is 1. The van der Waals surface area contributed by atoms with E-state index in [9.17, 15) is 9.59 Å². The number of carbonyl (C=O) groups is 1. The Balaban J connectivity index is 1.67. The second kappa shape index (κ2) is 7.33. The predicted octanol–water partition coefficient (Wildman–Crippen LogP) is 5.64. The van der Waals surface area contributed by atoms with Gasteiger partial charge in [-0.1, -0.05) is 41.9 Å². The van der Waals surface area contributed by atoms with Crippen molar-refractivity contribution in [2.45, 2.75) is 6.92 Å². The van der Waals surface area contributed by atoms with Gasteiger partial charge in [0.1, 0.15) is 11.3 Å². The highest BCUT2D eigenvalue weighted by Gasteiger charge is 2.13. The fourth-order valence-corrected chi connectivity index (χ4v) is 3.08. The highest BCUT2D eigenvalue weighted by atomic mass is 35.5. The second-order valence-electron chi connectivity index (χ2n) is 6.36. The molecule has 0 aliphatic rings. The van der Waals surface area contributed by atoms with E-state index < -0.39 is 11.6 Å². The first kappa shape index (κ1) is 18.0.